The van der Waals surface area contributed by atoms with Crippen LogP contribution in [0.3, 0.4) is 0 Å². The highest BCUT2D eigenvalue weighted by molar-refractivity contribution is 5.72. The summed E-state index contributed by atoms with van der Waals surface area (Å²) in [5.41, 5.74) is 10.8. The summed E-state index contributed by atoms with van der Waals surface area (Å²) in [5.74, 6) is -2.58. The third-order valence-electron chi connectivity index (χ3n) is 5.36. The Bertz CT molecular complexity index is 1190. The zero-order valence-corrected chi connectivity index (χ0v) is 16.6. The minimum absolute atomic E-state index is 0.0436. The van der Waals surface area contributed by atoms with E-state index in [9.17, 15) is 27.1 Å². The number of aromatic nitrogens is 1. The fourth-order valence-electron chi connectivity index (χ4n) is 3.65. The van der Waals surface area contributed by atoms with Gasteiger partial charge in [-0.15, -0.1) is 0 Å². The maximum absolute atomic E-state index is 14.5. The summed E-state index contributed by atoms with van der Waals surface area (Å²) < 4.78 is 69.2. The molecule has 11 heteroatoms. The second kappa shape index (κ2) is 7.69. The van der Waals surface area contributed by atoms with Crippen LogP contribution in [0, 0.1) is 11.6 Å². The first-order valence-electron chi connectivity index (χ1n) is 9.38. The van der Waals surface area contributed by atoms with Gasteiger partial charge in [-0.1, -0.05) is 12.1 Å². The zero-order valence-electron chi connectivity index (χ0n) is 16.6. The minimum Gasteiger partial charge on any atom is -0.505 e. The molecule has 2 unspecified atom stereocenters. The normalized spacial score (nSPS) is 19.2. The van der Waals surface area contributed by atoms with Crippen LogP contribution in [0.4, 0.5) is 33.5 Å². The summed E-state index contributed by atoms with van der Waals surface area (Å²) in [5, 5.41) is 9.51. The third kappa shape index (κ3) is 3.53. The Morgan fingerprint density at radius 3 is 2.38 bits per heavy atom. The van der Waals surface area contributed by atoms with Gasteiger partial charge < -0.3 is 10.8 Å². The number of hydrogen-bond donors (Lipinski definition) is 3. The number of phenols is 1. The standard InChI is InChI=1S/C21H18F5N5O/c1-30-18(27)11-6-7-15(17-12(21(24,25)26)3-2-4-13(17)22)29-19(11)31(20(30)28)10-5-8-16(32)14(23)9-10/h2-9,18,20,32H,27-28H2,1H3. The van der Waals surface area contributed by atoms with Gasteiger partial charge in [-0.05, 0) is 37.4 Å². The average molecular weight is 451 g/mol. The van der Waals surface area contributed by atoms with E-state index in [-0.39, 0.29) is 17.2 Å². The fourth-order valence-corrected chi connectivity index (χ4v) is 3.65. The molecule has 2 aromatic carbocycles. The molecule has 0 spiro atoms. The monoisotopic (exact) mass is 451 g/mol. The van der Waals surface area contributed by atoms with E-state index in [4.69, 9.17) is 11.5 Å². The van der Waals surface area contributed by atoms with Gasteiger partial charge in [0.15, 0.2) is 11.6 Å². The van der Waals surface area contributed by atoms with E-state index in [1.165, 1.54) is 23.1 Å². The van der Waals surface area contributed by atoms with Crippen LogP contribution in [0.5, 0.6) is 5.75 Å². The number of halogens is 5. The molecule has 0 aliphatic carbocycles. The topological polar surface area (TPSA) is 91.6 Å². The van der Waals surface area contributed by atoms with Crippen molar-refractivity contribution in [1.82, 2.24) is 9.88 Å². The molecule has 1 aromatic heterocycles. The number of pyridine rings is 1. The van der Waals surface area contributed by atoms with Crippen LogP contribution in [-0.2, 0) is 6.18 Å². The van der Waals surface area contributed by atoms with Crippen LogP contribution in [0.1, 0.15) is 17.3 Å². The second-order valence-electron chi connectivity index (χ2n) is 7.30. The number of alkyl halides is 3. The highest BCUT2D eigenvalue weighted by Crippen LogP contribution is 2.42. The van der Waals surface area contributed by atoms with Crippen LogP contribution in [0.25, 0.3) is 11.3 Å². The minimum atomic E-state index is -4.82. The predicted octanol–water partition coefficient (Wildman–Crippen LogP) is 4.03. The summed E-state index contributed by atoms with van der Waals surface area (Å²) in [7, 11) is 1.61. The molecule has 1 aliphatic rings. The van der Waals surface area contributed by atoms with Gasteiger partial charge >= 0.3 is 6.18 Å². The van der Waals surface area contributed by atoms with Crippen LogP contribution < -0.4 is 16.4 Å². The Hall–Kier alpha value is -3.28. The third-order valence-corrected chi connectivity index (χ3v) is 5.36. The molecular formula is C21H18F5N5O. The quantitative estimate of drug-likeness (QED) is 0.510. The first-order valence-corrected chi connectivity index (χ1v) is 9.38. The molecule has 0 amide bonds. The van der Waals surface area contributed by atoms with E-state index in [0.717, 1.165) is 30.3 Å². The van der Waals surface area contributed by atoms with Crippen LogP contribution >= 0.6 is 0 Å². The first kappa shape index (κ1) is 21.9. The number of hydrogen-bond acceptors (Lipinski definition) is 6. The molecule has 0 bridgehead atoms. The molecule has 0 fully saturated rings. The highest BCUT2D eigenvalue weighted by Gasteiger charge is 2.38. The molecule has 32 heavy (non-hydrogen) atoms. The molecule has 0 saturated heterocycles. The molecular weight excluding hydrogens is 433 g/mol. The van der Waals surface area contributed by atoms with Gasteiger partial charge in [0.25, 0.3) is 0 Å². The maximum atomic E-state index is 14.5. The summed E-state index contributed by atoms with van der Waals surface area (Å²) in [6.45, 7) is 0. The lowest BCUT2D eigenvalue weighted by molar-refractivity contribution is -0.137. The van der Waals surface area contributed by atoms with Crippen molar-refractivity contribution in [3.8, 4) is 17.0 Å². The SMILES string of the molecule is CN1C(N)c2ccc(-c3c(F)cccc3C(F)(F)F)nc2N(c2ccc(O)c(F)c2)C1N. The van der Waals surface area contributed by atoms with Crippen molar-refractivity contribution in [2.75, 3.05) is 11.9 Å². The summed E-state index contributed by atoms with van der Waals surface area (Å²) >= 11 is 0. The van der Waals surface area contributed by atoms with E-state index in [2.05, 4.69) is 4.98 Å². The Kier molecular flexibility index (Phi) is 5.27. The Labute approximate surface area is 179 Å². The highest BCUT2D eigenvalue weighted by atomic mass is 19.4. The lowest BCUT2D eigenvalue weighted by Crippen LogP contribution is -2.57. The van der Waals surface area contributed by atoms with Gasteiger partial charge in [-0.2, -0.15) is 13.2 Å². The number of nitrogens with two attached hydrogens (primary N) is 2. The summed E-state index contributed by atoms with van der Waals surface area (Å²) in [6, 6.07) is 8.78. The molecule has 3 aromatic rings. The van der Waals surface area contributed by atoms with E-state index in [0.29, 0.717) is 5.56 Å². The van der Waals surface area contributed by atoms with Gasteiger partial charge in [-0.3, -0.25) is 15.5 Å². The van der Waals surface area contributed by atoms with Crippen LogP contribution in [0.15, 0.2) is 48.5 Å². The molecule has 1 aliphatic heterocycles. The Morgan fingerprint density at radius 2 is 1.72 bits per heavy atom. The number of fused-ring (bicyclic) bond motifs is 1. The summed E-state index contributed by atoms with van der Waals surface area (Å²) in [6.07, 6.45) is -6.57. The molecule has 2 atom stereocenters. The van der Waals surface area contributed by atoms with Crippen molar-refractivity contribution in [1.29, 1.82) is 0 Å². The van der Waals surface area contributed by atoms with Crippen molar-refractivity contribution >= 4 is 11.5 Å². The average Bonchev–Trinajstić information content (AvgIpc) is 2.73. The van der Waals surface area contributed by atoms with E-state index >= 15 is 0 Å². The summed E-state index contributed by atoms with van der Waals surface area (Å²) in [4.78, 5) is 7.16. The van der Waals surface area contributed by atoms with E-state index in [1.807, 2.05) is 0 Å². The molecule has 0 saturated carbocycles. The van der Waals surface area contributed by atoms with Crippen LogP contribution in [0.2, 0.25) is 0 Å². The van der Waals surface area contributed by atoms with E-state index in [1.54, 1.807) is 11.9 Å². The van der Waals surface area contributed by atoms with Gasteiger partial charge in [-0.25, -0.2) is 13.8 Å². The predicted molar refractivity (Wildman–Crippen MR) is 108 cm³/mol. The maximum Gasteiger partial charge on any atom is 0.417 e. The van der Waals surface area contributed by atoms with E-state index < -0.39 is 47.1 Å². The molecule has 6 nitrogen and oxygen atoms in total. The largest absolute Gasteiger partial charge is 0.505 e. The van der Waals surface area contributed by atoms with Crippen molar-refractivity contribution in [3.05, 3.63) is 71.3 Å². The first-order chi connectivity index (χ1) is 15.0. The van der Waals surface area contributed by atoms with Crippen molar-refractivity contribution in [2.45, 2.75) is 18.6 Å². The number of anilines is 2. The molecule has 5 N–H and O–H groups in total. The van der Waals surface area contributed by atoms with Crippen molar-refractivity contribution in [3.63, 3.8) is 0 Å². The lowest BCUT2D eigenvalue weighted by Gasteiger charge is -2.44. The van der Waals surface area contributed by atoms with Gasteiger partial charge in [0, 0.05) is 22.9 Å². The Balaban J connectivity index is 1.95. The van der Waals surface area contributed by atoms with Gasteiger partial charge in [0.1, 0.15) is 17.9 Å². The van der Waals surface area contributed by atoms with Gasteiger partial charge in [0.2, 0.25) is 0 Å². The smallest absolute Gasteiger partial charge is 0.417 e. The molecule has 4 rings (SSSR count). The Morgan fingerprint density at radius 1 is 1.00 bits per heavy atom. The lowest BCUT2D eigenvalue weighted by atomic mass is 10.0. The fraction of sp³-hybridized carbons (Fsp3) is 0.190. The number of benzene rings is 2. The second-order valence-corrected chi connectivity index (χ2v) is 7.30. The number of nitrogens with zero attached hydrogens (tertiary/aromatic N) is 3. The molecule has 0 radical (unpaired) electrons. The molecule has 168 valence electrons. The zero-order chi connectivity index (χ0) is 23.4. The molecule has 2 heterocycles. The number of aromatic hydroxyl groups is 1. The van der Waals surface area contributed by atoms with Gasteiger partial charge in [0.05, 0.1) is 17.4 Å². The van der Waals surface area contributed by atoms with Crippen molar-refractivity contribution in [2.24, 2.45) is 11.5 Å². The number of rotatable bonds is 2. The van der Waals surface area contributed by atoms with Crippen molar-refractivity contribution < 1.29 is 27.1 Å². The van der Waals surface area contributed by atoms with Crippen LogP contribution in [-0.4, -0.2) is 28.3 Å². The number of phenolic OH excluding ortho intramolecular Hbond substituents is 1.